The summed E-state index contributed by atoms with van der Waals surface area (Å²) in [4.78, 5) is 23.2. The van der Waals surface area contributed by atoms with Gasteiger partial charge in [0.05, 0.1) is 6.04 Å². The summed E-state index contributed by atoms with van der Waals surface area (Å²) >= 11 is 0. The minimum atomic E-state index is -0.735. The summed E-state index contributed by atoms with van der Waals surface area (Å²) in [6.45, 7) is 4.90. The largest absolute Gasteiger partial charge is 0.481 e. The van der Waals surface area contributed by atoms with Crippen LogP contribution in [0, 0.1) is 5.92 Å². The van der Waals surface area contributed by atoms with E-state index < -0.39 is 5.97 Å². The molecule has 0 aromatic carbocycles. The Morgan fingerprint density at radius 2 is 1.94 bits per heavy atom. The molecule has 0 spiro atoms. The van der Waals surface area contributed by atoms with Crippen LogP contribution < -0.4 is 0 Å². The molecule has 0 unspecified atom stereocenters. The van der Waals surface area contributed by atoms with E-state index in [-0.39, 0.29) is 12.5 Å². The lowest BCUT2D eigenvalue weighted by Crippen LogP contribution is -2.37. The molecule has 1 N–H and O–H groups in total. The lowest BCUT2D eigenvalue weighted by atomic mass is 10.0. The first-order chi connectivity index (χ1) is 7.49. The lowest BCUT2D eigenvalue weighted by molar-refractivity contribution is -0.137. The van der Waals surface area contributed by atoms with Crippen LogP contribution in [0.4, 0.5) is 0 Å². The number of aliphatic carboxylic acids is 1. The highest BCUT2D eigenvalue weighted by Crippen LogP contribution is 2.08. The van der Waals surface area contributed by atoms with Crippen LogP contribution in [-0.4, -0.2) is 41.9 Å². The van der Waals surface area contributed by atoms with E-state index in [4.69, 9.17) is 5.11 Å². The maximum atomic E-state index is 10.8. The summed E-state index contributed by atoms with van der Waals surface area (Å²) in [5.41, 5.74) is 0. The molecule has 0 rings (SSSR count). The zero-order valence-corrected chi connectivity index (χ0v) is 10.5. The zero-order valence-electron chi connectivity index (χ0n) is 10.5. The van der Waals surface area contributed by atoms with Crippen molar-refractivity contribution in [3.05, 3.63) is 0 Å². The normalized spacial score (nSPS) is 13.1. The smallest absolute Gasteiger partial charge is 0.303 e. The van der Waals surface area contributed by atoms with Crippen LogP contribution in [0.5, 0.6) is 0 Å². The van der Waals surface area contributed by atoms with Crippen molar-refractivity contribution in [1.82, 2.24) is 4.90 Å². The number of nitrogens with zero attached hydrogens (tertiary/aromatic N) is 1. The molecule has 0 aromatic rings. The van der Waals surface area contributed by atoms with Gasteiger partial charge in [-0.3, -0.25) is 9.69 Å². The van der Waals surface area contributed by atoms with Crippen LogP contribution in [0.15, 0.2) is 0 Å². The van der Waals surface area contributed by atoms with Gasteiger partial charge in [-0.2, -0.15) is 0 Å². The maximum Gasteiger partial charge on any atom is 0.303 e. The Bertz CT molecular complexity index is 216. The second kappa shape index (κ2) is 8.28. The Labute approximate surface area is 97.6 Å². The lowest BCUT2D eigenvalue weighted by Gasteiger charge is -2.26. The highest BCUT2D eigenvalue weighted by atomic mass is 16.4. The highest BCUT2D eigenvalue weighted by Gasteiger charge is 2.16. The Morgan fingerprint density at radius 3 is 2.38 bits per heavy atom. The summed E-state index contributed by atoms with van der Waals surface area (Å²) in [7, 11) is 1.94. The molecule has 0 aliphatic heterocycles. The minimum absolute atomic E-state index is 0.0283. The van der Waals surface area contributed by atoms with Crippen LogP contribution in [0.3, 0.4) is 0 Å². The molecule has 0 aliphatic carbocycles. The molecule has 4 nitrogen and oxygen atoms in total. The molecule has 0 heterocycles. The minimum Gasteiger partial charge on any atom is -0.481 e. The number of carboxylic acid groups (broad SMARTS) is 1. The quantitative estimate of drug-likeness (QED) is 0.483. The number of carboxylic acids is 1. The van der Waals surface area contributed by atoms with E-state index in [1.807, 2.05) is 25.8 Å². The number of rotatable bonds is 9. The first-order valence-corrected chi connectivity index (χ1v) is 5.86. The predicted octanol–water partition coefficient (Wildman–Crippen LogP) is 1.79. The number of aldehydes is 1. The summed E-state index contributed by atoms with van der Waals surface area (Å²) < 4.78 is 0. The molecule has 4 heteroatoms. The van der Waals surface area contributed by atoms with Gasteiger partial charge in [-0.05, 0) is 32.4 Å². The van der Waals surface area contributed by atoms with Crippen molar-refractivity contribution >= 4 is 12.3 Å². The molecule has 16 heavy (non-hydrogen) atoms. The Morgan fingerprint density at radius 1 is 1.31 bits per heavy atom. The average molecular weight is 229 g/mol. The second-order valence-electron chi connectivity index (χ2n) is 4.56. The Balaban J connectivity index is 3.67. The fourth-order valence-electron chi connectivity index (χ4n) is 1.73. The second-order valence-corrected chi connectivity index (χ2v) is 4.56. The summed E-state index contributed by atoms with van der Waals surface area (Å²) in [6.07, 6.45) is 3.80. The summed E-state index contributed by atoms with van der Waals surface area (Å²) in [6, 6.07) is -0.0283. The van der Waals surface area contributed by atoms with Crippen molar-refractivity contribution in [3.8, 4) is 0 Å². The molecule has 0 saturated carbocycles. The van der Waals surface area contributed by atoms with Gasteiger partial charge in [-0.15, -0.1) is 0 Å². The van der Waals surface area contributed by atoms with Crippen molar-refractivity contribution in [2.75, 3.05) is 13.6 Å². The monoisotopic (exact) mass is 229 g/mol. The van der Waals surface area contributed by atoms with Gasteiger partial charge in [0.1, 0.15) is 6.29 Å². The molecule has 0 aliphatic rings. The third-order valence-corrected chi connectivity index (χ3v) is 2.73. The van der Waals surface area contributed by atoms with E-state index in [1.54, 1.807) is 0 Å². The van der Waals surface area contributed by atoms with Crippen LogP contribution in [0.1, 0.15) is 39.5 Å². The van der Waals surface area contributed by atoms with E-state index >= 15 is 0 Å². The van der Waals surface area contributed by atoms with Crippen molar-refractivity contribution in [2.24, 2.45) is 5.92 Å². The van der Waals surface area contributed by atoms with Gasteiger partial charge in [0.2, 0.25) is 0 Å². The molecule has 0 bridgehead atoms. The molecule has 0 fully saturated rings. The van der Waals surface area contributed by atoms with Crippen molar-refractivity contribution in [2.45, 2.75) is 45.6 Å². The topological polar surface area (TPSA) is 57.6 Å². The van der Waals surface area contributed by atoms with E-state index in [1.165, 1.54) is 0 Å². The molecule has 1 atom stereocenters. The fourth-order valence-corrected chi connectivity index (χ4v) is 1.73. The molecule has 94 valence electrons. The molecular weight excluding hydrogens is 206 g/mol. The zero-order chi connectivity index (χ0) is 12.6. The average Bonchev–Trinajstić information content (AvgIpc) is 2.17. The first-order valence-electron chi connectivity index (χ1n) is 5.86. The van der Waals surface area contributed by atoms with Gasteiger partial charge in [-0.1, -0.05) is 20.3 Å². The van der Waals surface area contributed by atoms with E-state index in [0.717, 1.165) is 32.1 Å². The summed E-state index contributed by atoms with van der Waals surface area (Å²) in [5, 5.41) is 8.46. The van der Waals surface area contributed by atoms with E-state index in [2.05, 4.69) is 0 Å². The molecule has 0 radical (unpaired) electrons. The van der Waals surface area contributed by atoms with Gasteiger partial charge in [0, 0.05) is 6.42 Å². The standard InChI is InChI=1S/C12H23NO3/c1-10(2)11(9-14)13(3)8-6-4-5-7-12(15)16/h9-11H,4-8H2,1-3H3,(H,15,16)/t11-/m1/s1. The van der Waals surface area contributed by atoms with Gasteiger partial charge >= 0.3 is 5.97 Å². The number of unbranched alkanes of at least 4 members (excludes halogenated alkanes) is 2. The molecule has 0 amide bonds. The third kappa shape index (κ3) is 6.56. The Kier molecular flexibility index (Phi) is 7.81. The van der Waals surface area contributed by atoms with E-state index in [9.17, 15) is 9.59 Å². The number of carbonyl (C=O) groups is 2. The SMILES string of the molecule is CC(C)[C@@H](C=O)N(C)CCCCCC(=O)O. The number of likely N-dealkylation sites (N-methyl/N-ethyl adjacent to an activating group) is 1. The van der Waals surface area contributed by atoms with Gasteiger partial charge in [0.15, 0.2) is 0 Å². The van der Waals surface area contributed by atoms with Crippen LogP contribution in [0.2, 0.25) is 0 Å². The number of hydrogen-bond donors (Lipinski definition) is 1. The molecular formula is C12H23NO3. The third-order valence-electron chi connectivity index (χ3n) is 2.73. The van der Waals surface area contributed by atoms with Crippen molar-refractivity contribution in [1.29, 1.82) is 0 Å². The van der Waals surface area contributed by atoms with Gasteiger partial charge < -0.3 is 9.90 Å². The maximum absolute atomic E-state index is 10.8. The summed E-state index contributed by atoms with van der Waals surface area (Å²) in [5.74, 6) is -0.414. The first kappa shape index (κ1) is 15.1. The van der Waals surface area contributed by atoms with Crippen molar-refractivity contribution in [3.63, 3.8) is 0 Å². The number of carbonyl (C=O) groups excluding carboxylic acids is 1. The van der Waals surface area contributed by atoms with Gasteiger partial charge in [0.25, 0.3) is 0 Å². The highest BCUT2D eigenvalue weighted by molar-refractivity contribution is 5.66. The van der Waals surface area contributed by atoms with Crippen LogP contribution >= 0.6 is 0 Å². The van der Waals surface area contributed by atoms with Crippen LogP contribution in [-0.2, 0) is 9.59 Å². The predicted molar refractivity (Wildman–Crippen MR) is 63.4 cm³/mol. The molecule has 0 aromatic heterocycles. The Hall–Kier alpha value is -0.900. The van der Waals surface area contributed by atoms with E-state index in [0.29, 0.717) is 5.92 Å². The van der Waals surface area contributed by atoms with Gasteiger partial charge in [-0.25, -0.2) is 0 Å². The molecule has 0 saturated heterocycles. The van der Waals surface area contributed by atoms with Crippen molar-refractivity contribution < 1.29 is 14.7 Å². The fraction of sp³-hybridized carbons (Fsp3) is 0.833. The van der Waals surface area contributed by atoms with Crippen LogP contribution in [0.25, 0.3) is 0 Å². The number of hydrogen-bond acceptors (Lipinski definition) is 3.